The summed E-state index contributed by atoms with van der Waals surface area (Å²) in [5, 5.41) is 7.43. The molecule has 13 aromatic rings. The lowest BCUT2D eigenvalue weighted by Crippen LogP contribution is -1.94. The highest BCUT2D eigenvalue weighted by Gasteiger charge is 2.19. The van der Waals surface area contributed by atoms with Gasteiger partial charge in [-0.3, -0.25) is 9.98 Å². The average molecular weight is 913 g/mol. The second-order valence-electron chi connectivity index (χ2n) is 17.7. The molecule has 4 aromatic heterocycles. The molecule has 4 heterocycles. The van der Waals surface area contributed by atoms with Crippen LogP contribution in [0.3, 0.4) is 0 Å². The number of aliphatic imine (C=N–C) groups is 1. The van der Waals surface area contributed by atoms with Crippen molar-refractivity contribution in [2.24, 2.45) is 4.99 Å². The van der Waals surface area contributed by atoms with Crippen molar-refractivity contribution in [1.29, 1.82) is 0 Å². The summed E-state index contributed by atoms with van der Waals surface area (Å²) >= 11 is 1.86. The van der Waals surface area contributed by atoms with Crippen molar-refractivity contribution in [3.8, 4) is 56.0 Å². The third kappa shape index (κ3) is 7.06. The van der Waals surface area contributed by atoms with E-state index in [2.05, 4.69) is 233 Å². The van der Waals surface area contributed by atoms with E-state index >= 15 is 0 Å². The molecule has 0 aliphatic rings. The molecule has 0 bridgehead atoms. The molecule has 0 unspecified atom stereocenters. The van der Waals surface area contributed by atoms with E-state index in [0.29, 0.717) is 0 Å². The van der Waals surface area contributed by atoms with Gasteiger partial charge in [-0.2, -0.15) is 0 Å². The molecule has 70 heavy (non-hydrogen) atoms. The van der Waals surface area contributed by atoms with Crippen molar-refractivity contribution in [3.63, 3.8) is 0 Å². The lowest BCUT2D eigenvalue weighted by Gasteiger charge is -2.11. The van der Waals surface area contributed by atoms with E-state index in [-0.39, 0.29) is 0 Å². The molecule has 13 rings (SSSR count). The van der Waals surface area contributed by atoms with E-state index < -0.39 is 0 Å². The maximum Gasteiger partial charge on any atom is 0.0708 e. The van der Waals surface area contributed by atoms with E-state index in [1.165, 1.54) is 80.7 Å². The van der Waals surface area contributed by atoms with E-state index in [1.807, 2.05) is 35.8 Å². The van der Waals surface area contributed by atoms with Gasteiger partial charge in [-0.1, -0.05) is 133 Å². The summed E-state index contributed by atoms with van der Waals surface area (Å²) in [7, 11) is 1.78. The molecule has 0 fully saturated rings. The number of allylic oxidation sites excluding steroid dienone is 3. The van der Waals surface area contributed by atoms with Gasteiger partial charge in [0.25, 0.3) is 0 Å². The Kier molecular flexibility index (Phi) is 10.2. The van der Waals surface area contributed by atoms with Crippen molar-refractivity contribution < 1.29 is 0 Å². The molecule has 0 spiro atoms. The zero-order chi connectivity index (χ0) is 46.5. The largest absolute Gasteiger partial charge is 0.309 e. The summed E-state index contributed by atoms with van der Waals surface area (Å²) in [4.78, 5) is 8.84. The molecule has 330 valence electrons. The van der Waals surface area contributed by atoms with Gasteiger partial charge in [-0.15, -0.1) is 11.3 Å². The lowest BCUT2D eigenvalue weighted by atomic mass is 9.95. The lowest BCUT2D eigenvalue weighted by molar-refractivity contribution is 1.18. The number of nitrogens with zero attached hydrogens (tertiary/aromatic N) is 4. The molecule has 5 heteroatoms. The summed E-state index contributed by atoms with van der Waals surface area (Å²) in [6.45, 7) is 0. The van der Waals surface area contributed by atoms with Crippen LogP contribution in [0.5, 0.6) is 0 Å². The van der Waals surface area contributed by atoms with Gasteiger partial charge in [-0.05, 0) is 142 Å². The second kappa shape index (κ2) is 17.3. The van der Waals surface area contributed by atoms with Gasteiger partial charge in [-0.25, -0.2) is 0 Å². The topological polar surface area (TPSA) is 35.1 Å². The summed E-state index contributed by atoms with van der Waals surface area (Å²) < 4.78 is 7.39. The van der Waals surface area contributed by atoms with Gasteiger partial charge in [0.2, 0.25) is 0 Å². The number of hydrogen-bond acceptors (Lipinski definition) is 3. The number of rotatable bonds is 9. The summed E-state index contributed by atoms with van der Waals surface area (Å²) in [5.74, 6) is 0. The Hall–Kier alpha value is -8.90. The Bertz CT molecular complexity index is 4240. The fourth-order valence-corrected chi connectivity index (χ4v) is 11.5. The van der Waals surface area contributed by atoms with Crippen molar-refractivity contribution in [1.82, 2.24) is 14.1 Å². The molecule has 0 aliphatic heterocycles. The van der Waals surface area contributed by atoms with Crippen LogP contribution in [0.15, 0.2) is 242 Å². The van der Waals surface area contributed by atoms with Crippen LogP contribution in [-0.2, 0) is 0 Å². The van der Waals surface area contributed by atoms with E-state index in [9.17, 15) is 0 Å². The van der Waals surface area contributed by atoms with Crippen LogP contribution in [-0.4, -0.2) is 27.4 Å². The zero-order valence-electron chi connectivity index (χ0n) is 38.4. The number of benzene rings is 9. The van der Waals surface area contributed by atoms with Crippen molar-refractivity contribution in [3.05, 3.63) is 242 Å². The fourth-order valence-electron chi connectivity index (χ4n) is 10.5. The first kappa shape index (κ1) is 41.3. The first-order chi connectivity index (χ1) is 34.7. The molecule has 0 saturated carbocycles. The Morgan fingerprint density at radius 3 is 1.71 bits per heavy atom. The Morgan fingerprint density at radius 1 is 0.400 bits per heavy atom. The van der Waals surface area contributed by atoms with Crippen LogP contribution in [0, 0.1) is 0 Å². The summed E-state index contributed by atoms with van der Waals surface area (Å²) in [5.41, 5.74) is 17.3. The highest BCUT2D eigenvalue weighted by atomic mass is 32.1. The van der Waals surface area contributed by atoms with Crippen molar-refractivity contribution in [2.75, 3.05) is 7.05 Å². The number of pyridine rings is 1. The number of fused-ring (bicyclic) bond motifs is 9. The number of hydrogen-bond donors (Lipinski definition) is 0. The summed E-state index contributed by atoms with van der Waals surface area (Å²) in [6.07, 6.45) is 11.9. The van der Waals surface area contributed by atoms with Crippen LogP contribution in [0.2, 0.25) is 0 Å². The number of para-hydroxylation sites is 2. The third-order valence-electron chi connectivity index (χ3n) is 13.7. The molecule has 0 aliphatic carbocycles. The predicted molar refractivity (Wildman–Crippen MR) is 300 cm³/mol. The Morgan fingerprint density at radius 2 is 0.957 bits per heavy atom. The van der Waals surface area contributed by atoms with Crippen LogP contribution in [0.1, 0.15) is 5.56 Å². The standard InChI is InChI=1S/C65H44N4S/c1-66-36-14-3-4-16-43-17-7-8-20-50(43)46-27-32-62-55(40-46)56-41-47(51-21-9-10-22-52(51)59-24-13-15-37-67-59)28-33-63(56)69(62)49-30-35-65-58(42-49)57-39-45(29-34-64(57)70-65)44-26-31-61-54(38-44)53-23-11-12-25-60(53)68(61)48-18-5-2-6-19-48/h2-42H,1H3/b14-3-,16-4+,66-36?. The monoisotopic (exact) mass is 912 g/mol. The first-order valence-corrected chi connectivity index (χ1v) is 24.5. The van der Waals surface area contributed by atoms with E-state index in [0.717, 1.165) is 44.7 Å². The second-order valence-corrected chi connectivity index (χ2v) is 18.8. The smallest absolute Gasteiger partial charge is 0.0708 e. The highest BCUT2D eigenvalue weighted by molar-refractivity contribution is 7.25. The van der Waals surface area contributed by atoms with E-state index in [4.69, 9.17) is 4.98 Å². The minimum Gasteiger partial charge on any atom is -0.309 e. The minimum absolute atomic E-state index is 0.958. The van der Waals surface area contributed by atoms with Gasteiger partial charge in [0, 0.05) is 78.1 Å². The van der Waals surface area contributed by atoms with Gasteiger partial charge in [0.1, 0.15) is 0 Å². The SMILES string of the molecule is CN=C/C=C\C=C\c1ccccc1-c1ccc2c(c1)c1cc(-c3ccccc3-c3ccccn3)ccc1n2-c1ccc2sc3ccc(-c4ccc5c(c4)c4ccccc4n5-c4ccccc4)cc3c2c1. The van der Waals surface area contributed by atoms with Gasteiger partial charge in [0.15, 0.2) is 0 Å². The maximum atomic E-state index is 4.76. The van der Waals surface area contributed by atoms with Crippen LogP contribution in [0.4, 0.5) is 0 Å². The quantitative estimate of drug-likeness (QED) is 0.105. The molecule has 4 nitrogen and oxygen atoms in total. The molecule has 9 aromatic carbocycles. The van der Waals surface area contributed by atoms with Crippen LogP contribution < -0.4 is 0 Å². The van der Waals surface area contributed by atoms with E-state index in [1.54, 1.807) is 13.3 Å². The predicted octanol–water partition coefficient (Wildman–Crippen LogP) is 17.6. The van der Waals surface area contributed by atoms with Crippen LogP contribution >= 0.6 is 11.3 Å². The van der Waals surface area contributed by atoms with Crippen LogP contribution in [0.25, 0.3) is 126 Å². The highest BCUT2D eigenvalue weighted by Crippen LogP contribution is 2.43. The average Bonchev–Trinajstić information content (AvgIpc) is 4.07. The number of thiophene rings is 1. The molecule has 0 radical (unpaired) electrons. The Labute approximate surface area is 409 Å². The molecule has 0 N–H and O–H groups in total. The molecular formula is C65H44N4S. The minimum atomic E-state index is 0.958. The molecule has 0 amide bonds. The third-order valence-corrected chi connectivity index (χ3v) is 14.8. The zero-order valence-corrected chi connectivity index (χ0v) is 39.2. The van der Waals surface area contributed by atoms with Crippen molar-refractivity contribution in [2.45, 2.75) is 0 Å². The van der Waals surface area contributed by atoms with Gasteiger partial charge in [0.05, 0.1) is 27.8 Å². The molecule has 0 atom stereocenters. The molecule has 0 saturated heterocycles. The Balaban J connectivity index is 0.971. The molecular weight excluding hydrogens is 869 g/mol. The maximum absolute atomic E-state index is 4.76. The van der Waals surface area contributed by atoms with Gasteiger partial charge >= 0.3 is 0 Å². The first-order valence-electron chi connectivity index (χ1n) is 23.7. The normalized spacial score (nSPS) is 12.2. The van der Waals surface area contributed by atoms with Gasteiger partial charge < -0.3 is 9.13 Å². The number of aromatic nitrogens is 3. The fraction of sp³-hybridized carbons (Fsp3) is 0.0154. The summed E-state index contributed by atoms with van der Waals surface area (Å²) in [6, 6.07) is 77.7. The van der Waals surface area contributed by atoms with Crippen molar-refractivity contribution >= 4 is 87.4 Å².